The standard InChI is InChI=1S/C62H101N15O18/c1-9-11-12-13-14-19-36(80)25-48(84)68-41(26-45(64)81)57(89)74-50(32(5)6)60(92)75-49(31(3)4)59(91)72-43(28-47(66)83)55(87)71-42(27-46(65)82)54(86)69-39(22-17-18-23-63)53(85)77-52(34(8)79)61(93)73-44(30-78)58(90)70-40(56(88)76-51(62(94)95)33(7)10-2)24-35-29-67-38-21-16-15-20-37(35)38/h15-16,20-21,29,31-34,36,39-44,49-52,67,78-80H,9-14,17-19,22-28,30,63H2,1-8H3,(H2,64,81)(H2,65,82)(H2,66,83)(H,68,84)(H,69,86)(H,70,90)(H,71,87)(H,72,91)(H,73,93)(H,74,89)(H,75,92)(H,76,88)(H,77,85)(H,94,95)/t33-,34+,36?,39-,40+,41+,42+,43-,44-,49+,50+,51+,52+/m0/s1. The van der Waals surface area contributed by atoms with Crippen LogP contribution >= 0.6 is 0 Å². The number of aromatic amines is 1. The topological polar surface area (TPSA) is 560 Å². The summed E-state index contributed by atoms with van der Waals surface area (Å²) in [6, 6.07) is -9.76. The molecule has 95 heavy (non-hydrogen) atoms. The Morgan fingerprint density at radius 1 is 0.474 bits per heavy atom. The van der Waals surface area contributed by atoms with Crippen molar-refractivity contribution < 1.29 is 87.5 Å². The lowest BCUT2D eigenvalue weighted by Crippen LogP contribution is -2.63. The summed E-state index contributed by atoms with van der Waals surface area (Å²) in [5, 5.41) is 66.1. The first-order valence-corrected chi connectivity index (χ1v) is 32.0. The number of fused-ring (bicyclic) bond motifs is 1. The van der Waals surface area contributed by atoms with E-state index in [1.54, 1.807) is 44.3 Å². The van der Waals surface area contributed by atoms with Crippen LogP contribution in [0.3, 0.4) is 0 Å². The quantitative estimate of drug-likeness (QED) is 0.0283. The maximum Gasteiger partial charge on any atom is 0.326 e. The molecule has 23 N–H and O–H groups in total. The molecule has 13 atom stereocenters. The van der Waals surface area contributed by atoms with E-state index in [4.69, 9.17) is 22.9 Å². The molecule has 0 aliphatic heterocycles. The molecule has 0 radical (unpaired) electrons. The highest BCUT2D eigenvalue weighted by Crippen LogP contribution is 2.20. The van der Waals surface area contributed by atoms with Gasteiger partial charge in [-0.25, -0.2) is 4.79 Å². The number of nitrogens with one attached hydrogen (secondary N) is 11. The van der Waals surface area contributed by atoms with Gasteiger partial charge in [0.25, 0.3) is 0 Å². The van der Waals surface area contributed by atoms with Crippen LogP contribution in [0.25, 0.3) is 10.9 Å². The summed E-state index contributed by atoms with van der Waals surface area (Å²) >= 11 is 0. The third-order valence-electron chi connectivity index (χ3n) is 15.7. The maximum absolute atomic E-state index is 14.1. The molecule has 0 saturated carbocycles. The number of unbranched alkanes of at least 4 members (excludes halogenated alkanes) is 5. The lowest BCUT2D eigenvalue weighted by molar-refractivity contribution is -0.144. The van der Waals surface area contributed by atoms with Crippen molar-refractivity contribution in [3.05, 3.63) is 36.0 Å². The average molecular weight is 1340 g/mol. The Labute approximate surface area is 551 Å². The van der Waals surface area contributed by atoms with Gasteiger partial charge >= 0.3 is 5.97 Å². The molecule has 0 saturated heterocycles. The number of carboxylic acids is 1. The van der Waals surface area contributed by atoms with Crippen molar-refractivity contribution in [2.45, 2.75) is 224 Å². The molecule has 1 unspecified atom stereocenters. The van der Waals surface area contributed by atoms with E-state index in [0.29, 0.717) is 35.7 Å². The number of aromatic nitrogens is 1. The number of benzene rings is 1. The molecule has 2 rings (SSSR count). The number of rotatable bonds is 46. The number of primary amides is 3. The first-order chi connectivity index (χ1) is 44.7. The number of amides is 13. The summed E-state index contributed by atoms with van der Waals surface area (Å²) in [6.45, 7) is 11.5. The number of carbonyl (C=O) groups is 14. The van der Waals surface area contributed by atoms with Gasteiger partial charge < -0.3 is 102 Å². The molecule has 0 bridgehead atoms. The molecule has 1 heterocycles. The summed E-state index contributed by atoms with van der Waals surface area (Å²) in [4.78, 5) is 191. The van der Waals surface area contributed by atoms with E-state index in [1.807, 2.05) is 0 Å². The minimum atomic E-state index is -1.96. The van der Waals surface area contributed by atoms with Gasteiger partial charge in [-0.3, -0.25) is 62.3 Å². The number of carbonyl (C=O) groups excluding carboxylic acids is 13. The maximum atomic E-state index is 14.1. The molecular formula is C62H101N15O18. The van der Waals surface area contributed by atoms with Gasteiger partial charge in [0.05, 0.1) is 44.5 Å². The minimum Gasteiger partial charge on any atom is -0.480 e. The Balaban J connectivity index is 2.37. The SMILES string of the molecule is CCCCCCCC(O)CC(=O)N[C@H](CC(N)=O)C(=O)N[C@@H](C(=O)N[C@@H](C(=O)N[C@@H](CC(N)=O)C(=O)N[C@H](CC(N)=O)C(=O)N[C@@H](CCCCN)C(=O)N[C@@H](C(=O)N[C@@H](CO)C(=O)N[C@H](Cc1c[nH]c2ccccc12)C(=O)N[C@@H](C(=O)O)[C@@H](C)CC)[C@@H](C)O)C(C)C)C(C)C. The van der Waals surface area contributed by atoms with Crippen molar-refractivity contribution in [2.75, 3.05) is 13.2 Å². The van der Waals surface area contributed by atoms with Gasteiger partial charge in [-0.05, 0) is 68.5 Å². The van der Waals surface area contributed by atoms with Crippen molar-refractivity contribution in [3.63, 3.8) is 0 Å². The number of nitrogens with two attached hydrogens (primary N) is 4. The zero-order chi connectivity index (χ0) is 71.8. The highest BCUT2D eigenvalue weighted by molar-refractivity contribution is 6.01. The molecule has 532 valence electrons. The van der Waals surface area contributed by atoms with Crippen molar-refractivity contribution in [1.82, 2.24) is 58.2 Å². The predicted molar refractivity (Wildman–Crippen MR) is 345 cm³/mol. The summed E-state index contributed by atoms with van der Waals surface area (Å²) in [6.07, 6.45) is 0.942. The Hall–Kier alpha value is -8.82. The molecule has 0 spiro atoms. The molecule has 1 aromatic heterocycles. The van der Waals surface area contributed by atoms with Gasteiger partial charge in [0, 0.05) is 23.5 Å². The van der Waals surface area contributed by atoms with E-state index in [0.717, 1.165) is 32.6 Å². The van der Waals surface area contributed by atoms with Gasteiger partial charge in [0.2, 0.25) is 76.8 Å². The van der Waals surface area contributed by atoms with Gasteiger partial charge in [-0.2, -0.15) is 0 Å². The molecule has 33 nitrogen and oxygen atoms in total. The smallest absolute Gasteiger partial charge is 0.326 e. The molecule has 0 aliphatic rings. The molecule has 1 aromatic carbocycles. The summed E-state index contributed by atoms with van der Waals surface area (Å²) in [7, 11) is 0. The molecule has 13 amide bonds. The van der Waals surface area contributed by atoms with Crippen LogP contribution in [0.5, 0.6) is 0 Å². The normalized spacial score (nSPS) is 15.4. The Kier molecular flexibility index (Phi) is 36.2. The predicted octanol–water partition coefficient (Wildman–Crippen LogP) is -3.76. The zero-order valence-corrected chi connectivity index (χ0v) is 55.4. The van der Waals surface area contributed by atoms with Crippen LogP contribution < -0.4 is 76.1 Å². The molecule has 0 fully saturated rings. The Bertz CT molecular complexity index is 2940. The zero-order valence-electron chi connectivity index (χ0n) is 55.4. The number of aliphatic carboxylic acids is 1. The van der Waals surface area contributed by atoms with E-state index in [-0.39, 0.29) is 32.2 Å². The lowest BCUT2D eigenvalue weighted by atomic mass is 9.98. The first kappa shape index (κ1) is 82.3. The second-order valence-corrected chi connectivity index (χ2v) is 24.4. The van der Waals surface area contributed by atoms with Crippen LogP contribution in [0.4, 0.5) is 0 Å². The number of aliphatic hydroxyl groups is 3. The average Bonchev–Trinajstić information content (AvgIpc) is 1.76. The second-order valence-electron chi connectivity index (χ2n) is 24.4. The minimum absolute atomic E-state index is 0.101. The van der Waals surface area contributed by atoms with E-state index < -0.39 is 205 Å². The number of H-pyrrole nitrogens is 1. The fourth-order valence-corrected chi connectivity index (χ4v) is 9.97. The number of hydrogen-bond acceptors (Lipinski definition) is 18. The fourth-order valence-electron chi connectivity index (χ4n) is 9.97. The summed E-state index contributed by atoms with van der Waals surface area (Å²) in [5.74, 6) is -17.6. The Morgan fingerprint density at radius 2 is 0.895 bits per heavy atom. The molecule has 0 aliphatic carbocycles. The molecule has 2 aromatic rings. The fraction of sp³-hybridized carbons (Fsp3) is 0.645. The van der Waals surface area contributed by atoms with Gasteiger partial charge in [0.15, 0.2) is 0 Å². The number of hydrogen-bond donors (Lipinski definition) is 19. The highest BCUT2D eigenvalue weighted by Gasteiger charge is 2.39. The van der Waals surface area contributed by atoms with E-state index in [2.05, 4.69) is 65.1 Å². The van der Waals surface area contributed by atoms with Crippen LogP contribution in [0.1, 0.15) is 151 Å². The molecular weight excluding hydrogens is 1240 g/mol. The van der Waals surface area contributed by atoms with E-state index >= 15 is 0 Å². The van der Waals surface area contributed by atoms with Crippen LogP contribution in [0, 0.1) is 17.8 Å². The van der Waals surface area contributed by atoms with Crippen molar-refractivity contribution in [3.8, 4) is 0 Å². The number of para-hydroxylation sites is 1. The summed E-state index contributed by atoms with van der Waals surface area (Å²) in [5.41, 5.74) is 23.3. The van der Waals surface area contributed by atoms with Crippen molar-refractivity contribution >= 4 is 93.7 Å². The van der Waals surface area contributed by atoms with Crippen LogP contribution in [0.2, 0.25) is 0 Å². The third-order valence-corrected chi connectivity index (χ3v) is 15.7. The van der Waals surface area contributed by atoms with Gasteiger partial charge in [-0.1, -0.05) is 105 Å². The van der Waals surface area contributed by atoms with Crippen LogP contribution in [-0.4, -0.2) is 194 Å². The molecule has 33 heteroatoms. The van der Waals surface area contributed by atoms with Crippen molar-refractivity contribution in [1.29, 1.82) is 0 Å². The van der Waals surface area contributed by atoms with E-state index in [9.17, 15) is 87.5 Å². The third kappa shape index (κ3) is 28.7. The second kappa shape index (κ2) is 41.8. The number of aliphatic hydroxyl groups excluding tert-OH is 3. The van der Waals surface area contributed by atoms with E-state index in [1.165, 1.54) is 27.7 Å². The largest absolute Gasteiger partial charge is 0.480 e. The summed E-state index contributed by atoms with van der Waals surface area (Å²) < 4.78 is 0. The monoisotopic (exact) mass is 1340 g/mol. The lowest BCUT2D eigenvalue weighted by Gasteiger charge is -2.30. The number of carboxylic acid groups (broad SMARTS) is 1. The Morgan fingerprint density at radius 3 is 1.41 bits per heavy atom. The highest BCUT2D eigenvalue weighted by atomic mass is 16.4. The van der Waals surface area contributed by atoms with Crippen LogP contribution in [0.15, 0.2) is 30.5 Å². The van der Waals surface area contributed by atoms with Gasteiger partial charge in [-0.15, -0.1) is 0 Å². The van der Waals surface area contributed by atoms with Crippen LogP contribution in [-0.2, 0) is 73.5 Å². The van der Waals surface area contributed by atoms with Gasteiger partial charge in [0.1, 0.15) is 60.4 Å². The first-order valence-electron chi connectivity index (χ1n) is 32.0. The van der Waals surface area contributed by atoms with Crippen molar-refractivity contribution in [2.24, 2.45) is 40.7 Å².